The van der Waals surface area contributed by atoms with Gasteiger partial charge < -0.3 is 4.74 Å². The minimum atomic E-state index is 0.0545. The Morgan fingerprint density at radius 1 is 1.19 bits per heavy atom. The van der Waals surface area contributed by atoms with Crippen LogP contribution >= 0.6 is 0 Å². The molecule has 2 aliphatic heterocycles. The maximum absolute atomic E-state index is 12.2. The zero-order valence-corrected chi connectivity index (χ0v) is 14.0. The number of piperidine rings is 2. The predicted molar refractivity (Wildman–Crippen MR) is 86.2 cm³/mol. The van der Waals surface area contributed by atoms with E-state index >= 15 is 0 Å². The van der Waals surface area contributed by atoms with Crippen molar-refractivity contribution in [3.8, 4) is 0 Å². The van der Waals surface area contributed by atoms with Gasteiger partial charge in [0.1, 0.15) is 0 Å². The summed E-state index contributed by atoms with van der Waals surface area (Å²) in [5.74, 6) is 0.751. The first kappa shape index (κ1) is 16.8. The zero-order valence-electron chi connectivity index (χ0n) is 14.0. The van der Waals surface area contributed by atoms with E-state index in [1.165, 1.54) is 45.2 Å². The van der Waals surface area contributed by atoms with Crippen molar-refractivity contribution in [2.45, 2.75) is 77.7 Å². The highest BCUT2D eigenvalue weighted by Crippen LogP contribution is 2.31. The molecular formula is C18H33NO2. The van der Waals surface area contributed by atoms with E-state index in [0.29, 0.717) is 18.6 Å². The Labute approximate surface area is 130 Å². The highest BCUT2D eigenvalue weighted by atomic mass is 16.5. The minimum absolute atomic E-state index is 0.0545. The monoisotopic (exact) mass is 295 g/mol. The highest BCUT2D eigenvalue weighted by molar-refractivity contribution is 5.72. The summed E-state index contributed by atoms with van der Waals surface area (Å²) in [6.07, 6.45) is 10.7. The van der Waals surface area contributed by atoms with E-state index in [2.05, 4.69) is 18.7 Å². The molecule has 0 bridgehead atoms. The number of fused-ring (bicyclic) bond motifs is 1. The molecule has 3 nitrogen and oxygen atoms in total. The van der Waals surface area contributed by atoms with Crippen LogP contribution in [0, 0.1) is 11.8 Å². The van der Waals surface area contributed by atoms with Crippen LogP contribution in [0.2, 0.25) is 0 Å². The van der Waals surface area contributed by atoms with Gasteiger partial charge >= 0.3 is 5.97 Å². The van der Waals surface area contributed by atoms with Gasteiger partial charge in [0.05, 0.1) is 12.5 Å². The van der Waals surface area contributed by atoms with Crippen LogP contribution in [0.5, 0.6) is 0 Å². The lowest BCUT2D eigenvalue weighted by molar-refractivity contribution is -0.152. The number of hydrogen-bond donors (Lipinski definition) is 0. The Kier molecular flexibility index (Phi) is 7.01. The lowest BCUT2D eigenvalue weighted by Crippen LogP contribution is -2.49. The van der Waals surface area contributed by atoms with Gasteiger partial charge in [-0.3, -0.25) is 9.69 Å². The van der Waals surface area contributed by atoms with Crippen LogP contribution < -0.4 is 0 Å². The van der Waals surface area contributed by atoms with Gasteiger partial charge in [0.2, 0.25) is 0 Å². The fourth-order valence-corrected chi connectivity index (χ4v) is 4.02. The molecule has 0 N–H and O–H groups in total. The summed E-state index contributed by atoms with van der Waals surface area (Å²) in [6.45, 7) is 7.44. The molecule has 3 atom stereocenters. The molecule has 2 fully saturated rings. The third-order valence-electron chi connectivity index (χ3n) is 5.40. The van der Waals surface area contributed by atoms with Gasteiger partial charge in [-0.1, -0.05) is 33.1 Å². The van der Waals surface area contributed by atoms with Crippen molar-refractivity contribution in [3.63, 3.8) is 0 Å². The van der Waals surface area contributed by atoms with E-state index in [4.69, 9.17) is 4.74 Å². The lowest BCUT2D eigenvalue weighted by atomic mass is 9.84. The van der Waals surface area contributed by atoms with Crippen LogP contribution in [-0.4, -0.2) is 36.6 Å². The summed E-state index contributed by atoms with van der Waals surface area (Å²) in [5.41, 5.74) is 0. The van der Waals surface area contributed by atoms with Crippen LogP contribution in [0.4, 0.5) is 0 Å². The molecule has 0 aromatic heterocycles. The second-order valence-electron chi connectivity index (χ2n) is 6.88. The first-order valence-corrected chi connectivity index (χ1v) is 9.17. The summed E-state index contributed by atoms with van der Waals surface area (Å²) in [5, 5.41) is 0. The topological polar surface area (TPSA) is 29.5 Å². The molecule has 0 amide bonds. The fraction of sp³-hybridized carbons (Fsp3) is 0.944. The van der Waals surface area contributed by atoms with Gasteiger partial charge in [-0.25, -0.2) is 0 Å². The van der Waals surface area contributed by atoms with Crippen molar-refractivity contribution in [1.29, 1.82) is 0 Å². The molecule has 0 saturated carbocycles. The van der Waals surface area contributed by atoms with E-state index < -0.39 is 0 Å². The Morgan fingerprint density at radius 2 is 2.00 bits per heavy atom. The summed E-state index contributed by atoms with van der Waals surface area (Å²) in [6, 6.07) is 0.677. The first-order chi connectivity index (χ1) is 10.3. The molecule has 0 unspecified atom stereocenters. The number of nitrogens with zero attached hydrogens (tertiary/aromatic N) is 1. The average Bonchev–Trinajstić information content (AvgIpc) is 2.53. The van der Waals surface area contributed by atoms with E-state index in [1.54, 1.807) is 0 Å². The second kappa shape index (κ2) is 8.77. The third kappa shape index (κ3) is 4.70. The van der Waals surface area contributed by atoms with Gasteiger partial charge in [0, 0.05) is 12.0 Å². The maximum Gasteiger partial charge on any atom is 0.308 e. The normalized spacial score (nSPS) is 27.9. The molecule has 0 radical (unpaired) electrons. The van der Waals surface area contributed by atoms with Crippen LogP contribution in [0.15, 0.2) is 0 Å². The van der Waals surface area contributed by atoms with Gasteiger partial charge in [0.15, 0.2) is 0 Å². The fourth-order valence-electron chi connectivity index (χ4n) is 4.02. The molecule has 3 heteroatoms. The molecule has 2 rings (SSSR count). The molecule has 0 aromatic carbocycles. The van der Waals surface area contributed by atoms with Crippen molar-refractivity contribution >= 4 is 5.97 Å². The van der Waals surface area contributed by atoms with Gasteiger partial charge in [0.25, 0.3) is 0 Å². The van der Waals surface area contributed by atoms with Crippen molar-refractivity contribution in [2.75, 3.05) is 19.7 Å². The zero-order chi connectivity index (χ0) is 15.1. The average molecular weight is 295 g/mol. The van der Waals surface area contributed by atoms with Crippen LogP contribution in [0.25, 0.3) is 0 Å². The number of unbranched alkanes of at least 4 members (excludes halogenated alkanes) is 1. The first-order valence-electron chi connectivity index (χ1n) is 9.17. The largest absolute Gasteiger partial charge is 0.465 e. The SMILES string of the molecule is CCCC[C@@H](CC)C(=O)OC[C@@H]1CCCN2CCCC[C@H]12. The van der Waals surface area contributed by atoms with Crippen molar-refractivity contribution in [2.24, 2.45) is 11.8 Å². The Hall–Kier alpha value is -0.570. The number of hydrogen-bond acceptors (Lipinski definition) is 3. The Balaban J connectivity index is 1.79. The minimum Gasteiger partial charge on any atom is -0.465 e. The smallest absolute Gasteiger partial charge is 0.308 e. The molecule has 0 aromatic rings. The van der Waals surface area contributed by atoms with E-state index in [1.807, 2.05) is 0 Å². The predicted octanol–water partition coefficient (Wildman–Crippen LogP) is 4.01. The van der Waals surface area contributed by atoms with Crippen molar-refractivity contribution in [1.82, 2.24) is 4.90 Å². The molecule has 2 heterocycles. The lowest BCUT2D eigenvalue weighted by Gasteiger charge is -2.44. The number of rotatable bonds is 7. The van der Waals surface area contributed by atoms with Crippen molar-refractivity contribution < 1.29 is 9.53 Å². The highest BCUT2D eigenvalue weighted by Gasteiger charge is 2.33. The molecule has 2 aliphatic rings. The standard InChI is InChI=1S/C18H33NO2/c1-3-5-9-15(4-2)18(20)21-14-16-10-8-13-19-12-7-6-11-17(16)19/h15-17H,3-14H2,1-2H3/t15-,16+,17-/m1/s1. The molecule has 2 saturated heterocycles. The second-order valence-corrected chi connectivity index (χ2v) is 6.88. The van der Waals surface area contributed by atoms with Crippen LogP contribution in [0.1, 0.15) is 71.6 Å². The van der Waals surface area contributed by atoms with Crippen LogP contribution in [0.3, 0.4) is 0 Å². The quantitative estimate of drug-likeness (QED) is 0.665. The van der Waals surface area contributed by atoms with Gasteiger partial charge in [-0.05, 0) is 51.6 Å². The number of esters is 1. The van der Waals surface area contributed by atoms with E-state index in [0.717, 1.165) is 25.7 Å². The molecule has 21 heavy (non-hydrogen) atoms. The maximum atomic E-state index is 12.2. The van der Waals surface area contributed by atoms with E-state index in [9.17, 15) is 4.79 Å². The molecule has 0 spiro atoms. The van der Waals surface area contributed by atoms with Crippen molar-refractivity contribution in [3.05, 3.63) is 0 Å². The number of carbonyl (C=O) groups is 1. The van der Waals surface area contributed by atoms with Gasteiger partial charge in [-0.15, -0.1) is 0 Å². The Morgan fingerprint density at radius 3 is 2.76 bits per heavy atom. The van der Waals surface area contributed by atoms with E-state index in [-0.39, 0.29) is 11.9 Å². The number of ether oxygens (including phenoxy) is 1. The van der Waals surface area contributed by atoms with Crippen LogP contribution in [-0.2, 0) is 9.53 Å². The molecule has 0 aliphatic carbocycles. The molecular weight excluding hydrogens is 262 g/mol. The summed E-state index contributed by atoms with van der Waals surface area (Å²) in [4.78, 5) is 14.9. The Bertz CT molecular complexity index is 316. The van der Waals surface area contributed by atoms with Gasteiger partial charge in [-0.2, -0.15) is 0 Å². The summed E-state index contributed by atoms with van der Waals surface area (Å²) >= 11 is 0. The molecule has 122 valence electrons. The number of carbonyl (C=O) groups excluding carboxylic acids is 1. The summed E-state index contributed by atoms with van der Waals surface area (Å²) in [7, 11) is 0. The third-order valence-corrected chi connectivity index (χ3v) is 5.40. The summed E-state index contributed by atoms with van der Waals surface area (Å²) < 4.78 is 5.71.